The van der Waals surface area contributed by atoms with Crippen LogP contribution >= 0.6 is 12.2 Å². The Morgan fingerprint density at radius 1 is 1.25 bits per heavy atom. The zero-order chi connectivity index (χ0) is 17.1. The molecule has 3 aliphatic carbocycles. The van der Waals surface area contributed by atoms with Gasteiger partial charge in [-0.1, -0.05) is 58.0 Å². The largest absolute Gasteiger partial charge is 0.507 e. The Balaban J connectivity index is 1.78. The molecule has 1 saturated carbocycles. The van der Waals surface area contributed by atoms with Crippen LogP contribution in [-0.2, 0) is 12.8 Å². The summed E-state index contributed by atoms with van der Waals surface area (Å²) in [5, 5.41) is 10.8. The SMILES string of the molecule is CCCCCc1cc(O)c2c(c1)CC(=S)C13CCC(C=C21)C3(C)C. The fourth-order valence-electron chi connectivity index (χ4n) is 5.68. The van der Waals surface area contributed by atoms with Gasteiger partial charge in [-0.15, -0.1) is 0 Å². The molecule has 1 N–H and O–H groups in total. The predicted octanol–water partition coefficient (Wildman–Crippen LogP) is 5.87. The minimum Gasteiger partial charge on any atom is -0.507 e. The van der Waals surface area contributed by atoms with Crippen molar-refractivity contribution >= 4 is 22.7 Å². The summed E-state index contributed by atoms with van der Waals surface area (Å²) in [5.41, 5.74) is 5.18. The van der Waals surface area contributed by atoms with Crippen molar-refractivity contribution in [3.63, 3.8) is 0 Å². The van der Waals surface area contributed by atoms with Gasteiger partial charge in [-0.2, -0.15) is 0 Å². The van der Waals surface area contributed by atoms with Crippen LogP contribution in [0.15, 0.2) is 18.2 Å². The Kier molecular flexibility index (Phi) is 3.69. The zero-order valence-corrected chi connectivity index (χ0v) is 15.9. The molecule has 0 radical (unpaired) electrons. The fourth-order valence-corrected chi connectivity index (χ4v) is 6.31. The van der Waals surface area contributed by atoms with Crippen molar-refractivity contribution in [3.8, 4) is 5.75 Å². The lowest BCUT2D eigenvalue weighted by atomic mass is 9.59. The number of phenols is 1. The Bertz CT molecular complexity index is 743. The highest BCUT2D eigenvalue weighted by Gasteiger charge is 2.63. The van der Waals surface area contributed by atoms with E-state index in [4.69, 9.17) is 12.2 Å². The van der Waals surface area contributed by atoms with Crippen LogP contribution in [0.3, 0.4) is 0 Å². The summed E-state index contributed by atoms with van der Waals surface area (Å²) < 4.78 is 0. The Morgan fingerprint density at radius 2 is 2.04 bits per heavy atom. The predicted molar refractivity (Wildman–Crippen MR) is 105 cm³/mol. The Morgan fingerprint density at radius 3 is 2.75 bits per heavy atom. The number of allylic oxidation sites excluding steroid dienone is 2. The molecule has 24 heavy (non-hydrogen) atoms. The van der Waals surface area contributed by atoms with Gasteiger partial charge in [0.25, 0.3) is 0 Å². The molecule has 1 spiro atoms. The van der Waals surface area contributed by atoms with Crippen molar-refractivity contribution in [1.82, 2.24) is 0 Å². The van der Waals surface area contributed by atoms with E-state index in [2.05, 4.69) is 32.9 Å². The molecule has 1 fully saturated rings. The minimum atomic E-state index is 0.0151. The molecule has 2 unspecified atom stereocenters. The van der Waals surface area contributed by atoms with Crippen LogP contribution in [0.5, 0.6) is 5.75 Å². The molecule has 128 valence electrons. The van der Waals surface area contributed by atoms with Crippen LogP contribution < -0.4 is 0 Å². The smallest absolute Gasteiger partial charge is 0.123 e. The number of aryl methyl sites for hydroxylation is 1. The summed E-state index contributed by atoms with van der Waals surface area (Å²) in [4.78, 5) is 1.20. The standard InChI is InChI=1S/C22H28OS/c1-4-5-6-7-14-10-15-12-19(24)22-9-8-16(21(22,2)3)13-17(22)20(15)18(23)11-14/h10-11,13,16,23H,4-9,12H2,1-3H3. The third kappa shape index (κ3) is 1.95. The van der Waals surface area contributed by atoms with E-state index in [-0.39, 0.29) is 10.8 Å². The van der Waals surface area contributed by atoms with Gasteiger partial charge in [0, 0.05) is 22.3 Å². The van der Waals surface area contributed by atoms with Gasteiger partial charge in [-0.25, -0.2) is 0 Å². The maximum absolute atomic E-state index is 10.8. The molecule has 0 saturated heterocycles. The Hall–Kier alpha value is -1.15. The molecule has 1 nitrogen and oxygen atoms in total. The maximum atomic E-state index is 10.8. The van der Waals surface area contributed by atoms with Gasteiger partial charge in [0.1, 0.15) is 5.75 Å². The number of thiocarbonyl (C=S) groups is 1. The summed E-state index contributed by atoms with van der Waals surface area (Å²) in [5.74, 6) is 1.08. The summed E-state index contributed by atoms with van der Waals surface area (Å²) in [6.45, 7) is 6.98. The molecule has 2 heteroatoms. The average molecular weight is 341 g/mol. The van der Waals surface area contributed by atoms with Gasteiger partial charge in [0.2, 0.25) is 0 Å². The van der Waals surface area contributed by atoms with Crippen LogP contribution in [0.1, 0.15) is 69.6 Å². The third-order valence-corrected chi connectivity index (χ3v) is 7.60. The minimum absolute atomic E-state index is 0.0151. The maximum Gasteiger partial charge on any atom is 0.123 e. The quantitative estimate of drug-likeness (QED) is 0.546. The summed E-state index contributed by atoms with van der Waals surface area (Å²) >= 11 is 5.98. The lowest BCUT2D eigenvalue weighted by Crippen LogP contribution is -2.42. The van der Waals surface area contributed by atoms with E-state index >= 15 is 0 Å². The van der Waals surface area contributed by atoms with E-state index in [9.17, 15) is 5.11 Å². The molecule has 2 bridgehead atoms. The van der Waals surface area contributed by atoms with Crippen LogP contribution in [-0.4, -0.2) is 9.97 Å². The van der Waals surface area contributed by atoms with Gasteiger partial charge in [-0.05, 0) is 59.8 Å². The first kappa shape index (κ1) is 16.3. The van der Waals surface area contributed by atoms with Gasteiger partial charge in [-0.3, -0.25) is 0 Å². The fraction of sp³-hybridized carbons (Fsp3) is 0.591. The second-order valence-electron chi connectivity index (χ2n) is 8.56. The monoisotopic (exact) mass is 340 g/mol. The van der Waals surface area contributed by atoms with Crippen LogP contribution in [0.25, 0.3) is 5.57 Å². The molecular weight excluding hydrogens is 312 g/mol. The van der Waals surface area contributed by atoms with E-state index in [1.807, 2.05) is 6.07 Å². The second kappa shape index (κ2) is 5.42. The van der Waals surface area contributed by atoms with Crippen LogP contribution in [0.2, 0.25) is 0 Å². The highest BCUT2D eigenvalue weighted by atomic mass is 32.1. The number of unbranched alkanes of at least 4 members (excludes halogenated alkanes) is 2. The van der Waals surface area contributed by atoms with Crippen molar-refractivity contribution in [2.45, 2.75) is 65.7 Å². The van der Waals surface area contributed by atoms with E-state index < -0.39 is 0 Å². The van der Waals surface area contributed by atoms with Crippen LogP contribution in [0.4, 0.5) is 0 Å². The lowest BCUT2D eigenvalue weighted by Gasteiger charge is -2.45. The average Bonchev–Trinajstić information content (AvgIpc) is 2.91. The molecule has 1 aromatic carbocycles. The van der Waals surface area contributed by atoms with Crippen molar-refractivity contribution in [2.24, 2.45) is 16.7 Å². The molecule has 0 amide bonds. The number of rotatable bonds is 4. The molecule has 1 aromatic rings. The van der Waals surface area contributed by atoms with Gasteiger partial charge < -0.3 is 5.11 Å². The summed E-state index contributed by atoms with van der Waals surface area (Å²) in [6, 6.07) is 4.32. The van der Waals surface area contributed by atoms with E-state index in [0.29, 0.717) is 11.7 Å². The molecule has 3 aliphatic rings. The highest BCUT2D eigenvalue weighted by molar-refractivity contribution is 7.80. The first-order chi connectivity index (χ1) is 11.4. The summed E-state index contributed by atoms with van der Waals surface area (Å²) in [7, 11) is 0. The number of hydrogen-bond acceptors (Lipinski definition) is 2. The zero-order valence-electron chi connectivity index (χ0n) is 15.1. The van der Waals surface area contributed by atoms with E-state index in [0.717, 1.165) is 24.8 Å². The van der Waals surface area contributed by atoms with Gasteiger partial charge in [0.15, 0.2) is 0 Å². The first-order valence-corrected chi connectivity index (χ1v) is 9.93. The Labute approximate surface area is 151 Å². The molecular formula is C22H28OS. The van der Waals surface area contributed by atoms with Gasteiger partial charge >= 0.3 is 0 Å². The van der Waals surface area contributed by atoms with Crippen LogP contribution in [0, 0.1) is 16.7 Å². The van der Waals surface area contributed by atoms with Crippen molar-refractivity contribution < 1.29 is 5.11 Å². The molecule has 4 rings (SSSR count). The van der Waals surface area contributed by atoms with Crippen molar-refractivity contribution in [2.75, 3.05) is 0 Å². The van der Waals surface area contributed by atoms with E-state index in [1.54, 1.807) is 0 Å². The highest BCUT2D eigenvalue weighted by Crippen LogP contribution is 2.70. The molecule has 0 aliphatic heterocycles. The normalized spacial score (nSPS) is 29.4. The first-order valence-electron chi connectivity index (χ1n) is 9.52. The van der Waals surface area contributed by atoms with Crippen molar-refractivity contribution in [3.05, 3.63) is 34.9 Å². The van der Waals surface area contributed by atoms with Crippen molar-refractivity contribution in [1.29, 1.82) is 0 Å². The number of phenolic OH excluding ortho intramolecular Hbond substituents is 1. The molecule has 0 heterocycles. The summed E-state index contributed by atoms with van der Waals surface area (Å²) in [6.07, 6.45) is 10.4. The third-order valence-electron chi connectivity index (χ3n) is 7.11. The number of fused-ring (bicyclic) bond motifs is 3. The van der Waals surface area contributed by atoms with E-state index in [1.165, 1.54) is 47.2 Å². The number of aromatic hydroxyl groups is 1. The lowest BCUT2D eigenvalue weighted by molar-refractivity contribution is 0.236. The molecule has 2 atom stereocenters. The second-order valence-corrected chi connectivity index (χ2v) is 9.05. The molecule has 0 aromatic heterocycles. The number of benzene rings is 1. The number of hydrogen-bond donors (Lipinski definition) is 1. The van der Waals surface area contributed by atoms with Gasteiger partial charge in [0.05, 0.1) is 0 Å². The topological polar surface area (TPSA) is 20.2 Å².